The van der Waals surface area contributed by atoms with E-state index in [4.69, 9.17) is 0 Å². The molecule has 0 unspecified atom stereocenters. The van der Waals surface area contributed by atoms with Gasteiger partial charge in [-0.3, -0.25) is 9.36 Å². The summed E-state index contributed by atoms with van der Waals surface area (Å²) in [4.78, 5) is 17.4. The molecule has 0 spiro atoms. The SMILES string of the molecule is Cc1cccc(-c2csc3c(=O)n(Cc4ccccc4)cnc23)c1. The van der Waals surface area contributed by atoms with E-state index < -0.39 is 0 Å². The van der Waals surface area contributed by atoms with Gasteiger partial charge in [0.1, 0.15) is 4.70 Å². The van der Waals surface area contributed by atoms with Crippen molar-refractivity contribution >= 4 is 21.6 Å². The number of hydrogen-bond donors (Lipinski definition) is 0. The Morgan fingerprint density at radius 3 is 2.71 bits per heavy atom. The maximum absolute atomic E-state index is 12.8. The lowest BCUT2D eigenvalue weighted by Crippen LogP contribution is -2.20. The Labute approximate surface area is 143 Å². The Kier molecular flexibility index (Phi) is 3.75. The molecule has 2 aromatic carbocycles. The van der Waals surface area contributed by atoms with Crippen LogP contribution in [0.5, 0.6) is 0 Å². The van der Waals surface area contributed by atoms with Crippen molar-refractivity contribution in [3.8, 4) is 11.1 Å². The van der Waals surface area contributed by atoms with Gasteiger partial charge in [0.05, 0.1) is 18.4 Å². The van der Waals surface area contributed by atoms with Crippen LogP contribution in [0, 0.1) is 6.92 Å². The van der Waals surface area contributed by atoms with E-state index in [1.807, 2.05) is 41.8 Å². The van der Waals surface area contributed by atoms with Gasteiger partial charge in [0.25, 0.3) is 5.56 Å². The zero-order valence-electron chi connectivity index (χ0n) is 13.3. The van der Waals surface area contributed by atoms with Gasteiger partial charge in [0.15, 0.2) is 0 Å². The molecule has 2 aromatic heterocycles. The average Bonchev–Trinajstić information content (AvgIpc) is 3.03. The largest absolute Gasteiger partial charge is 0.294 e. The molecule has 0 saturated carbocycles. The summed E-state index contributed by atoms with van der Waals surface area (Å²) in [5.74, 6) is 0. The lowest BCUT2D eigenvalue weighted by atomic mass is 10.1. The third-order valence-corrected chi connectivity index (χ3v) is 5.03. The summed E-state index contributed by atoms with van der Waals surface area (Å²) in [6.45, 7) is 2.61. The molecule has 24 heavy (non-hydrogen) atoms. The smallest absolute Gasteiger partial charge is 0.271 e. The molecule has 4 heteroatoms. The minimum atomic E-state index is 0.0211. The van der Waals surface area contributed by atoms with Crippen LogP contribution in [0.25, 0.3) is 21.3 Å². The van der Waals surface area contributed by atoms with Gasteiger partial charge in [-0.1, -0.05) is 60.2 Å². The first-order chi connectivity index (χ1) is 11.7. The molecule has 4 aromatic rings. The van der Waals surface area contributed by atoms with Crippen molar-refractivity contribution in [1.29, 1.82) is 0 Å². The zero-order valence-corrected chi connectivity index (χ0v) is 14.1. The van der Waals surface area contributed by atoms with Crippen LogP contribution in [0.3, 0.4) is 0 Å². The van der Waals surface area contributed by atoms with Crippen molar-refractivity contribution in [3.63, 3.8) is 0 Å². The number of thiophene rings is 1. The molecular formula is C20H16N2OS. The van der Waals surface area contributed by atoms with E-state index >= 15 is 0 Å². The predicted molar refractivity (Wildman–Crippen MR) is 99.6 cm³/mol. The van der Waals surface area contributed by atoms with Gasteiger partial charge in [-0.25, -0.2) is 4.98 Å². The average molecular weight is 332 g/mol. The summed E-state index contributed by atoms with van der Waals surface area (Å²) in [5, 5.41) is 2.03. The highest BCUT2D eigenvalue weighted by molar-refractivity contribution is 7.17. The summed E-state index contributed by atoms with van der Waals surface area (Å²) in [6, 6.07) is 18.3. The molecule has 0 saturated heterocycles. The molecule has 0 N–H and O–H groups in total. The van der Waals surface area contributed by atoms with Crippen molar-refractivity contribution in [3.05, 3.63) is 87.8 Å². The molecule has 0 aliphatic carbocycles. The van der Waals surface area contributed by atoms with Crippen LogP contribution < -0.4 is 5.56 Å². The minimum absolute atomic E-state index is 0.0211. The number of hydrogen-bond acceptors (Lipinski definition) is 3. The lowest BCUT2D eigenvalue weighted by molar-refractivity contribution is 0.750. The Balaban J connectivity index is 1.80. The van der Waals surface area contributed by atoms with Crippen LogP contribution in [0.15, 0.2) is 71.1 Å². The zero-order chi connectivity index (χ0) is 16.5. The van der Waals surface area contributed by atoms with Crippen LogP contribution >= 0.6 is 11.3 Å². The summed E-state index contributed by atoms with van der Waals surface area (Å²) in [7, 11) is 0. The first kappa shape index (κ1) is 14.8. The van der Waals surface area contributed by atoms with Crippen molar-refractivity contribution in [1.82, 2.24) is 9.55 Å². The second kappa shape index (κ2) is 6.06. The predicted octanol–water partition coefficient (Wildman–Crippen LogP) is 4.48. The van der Waals surface area contributed by atoms with E-state index in [2.05, 4.69) is 30.1 Å². The first-order valence-electron chi connectivity index (χ1n) is 7.80. The van der Waals surface area contributed by atoms with Crippen LogP contribution in [0.2, 0.25) is 0 Å². The van der Waals surface area contributed by atoms with E-state index in [9.17, 15) is 4.79 Å². The fourth-order valence-corrected chi connectivity index (χ4v) is 3.83. The van der Waals surface area contributed by atoms with Gasteiger partial charge in [-0.15, -0.1) is 11.3 Å². The summed E-state index contributed by atoms with van der Waals surface area (Å²) in [5.41, 5.74) is 5.24. The van der Waals surface area contributed by atoms with Gasteiger partial charge < -0.3 is 0 Å². The highest BCUT2D eigenvalue weighted by Crippen LogP contribution is 2.31. The van der Waals surface area contributed by atoms with Crippen molar-refractivity contribution < 1.29 is 0 Å². The molecule has 0 bridgehead atoms. The molecule has 4 rings (SSSR count). The number of benzene rings is 2. The third-order valence-electron chi connectivity index (χ3n) is 4.07. The van der Waals surface area contributed by atoms with Crippen LogP contribution in [-0.2, 0) is 6.54 Å². The maximum atomic E-state index is 12.8. The molecule has 3 nitrogen and oxygen atoms in total. The summed E-state index contributed by atoms with van der Waals surface area (Å²) < 4.78 is 2.39. The Bertz CT molecular complexity index is 1060. The molecule has 0 aliphatic rings. The highest BCUT2D eigenvalue weighted by Gasteiger charge is 2.12. The highest BCUT2D eigenvalue weighted by atomic mass is 32.1. The number of fused-ring (bicyclic) bond motifs is 1. The second-order valence-corrected chi connectivity index (χ2v) is 6.74. The normalized spacial score (nSPS) is 11.0. The van der Waals surface area contributed by atoms with Gasteiger partial charge in [-0.05, 0) is 18.1 Å². The molecule has 0 atom stereocenters. The molecular weight excluding hydrogens is 316 g/mol. The topological polar surface area (TPSA) is 34.9 Å². The van der Waals surface area contributed by atoms with Crippen LogP contribution in [0.1, 0.15) is 11.1 Å². The van der Waals surface area contributed by atoms with Crippen molar-refractivity contribution in [2.24, 2.45) is 0 Å². The molecule has 0 amide bonds. The molecule has 118 valence electrons. The lowest BCUT2D eigenvalue weighted by Gasteiger charge is -2.06. The Morgan fingerprint density at radius 1 is 1.08 bits per heavy atom. The van der Waals surface area contributed by atoms with Gasteiger partial charge in [-0.2, -0.15) is 0 Å². The molecule has 2 heterocycles. The first-order valence-corrected chi connectivity index (χ1v) is 8.68. The number of aryl methyl sites for hydroxylation is 1. The fourth-order valence-electron chi connectivity index (χ4n) is 2.85. The van der Waals surface area contributed by atoms with Gasteiger partial charge >= 0.3 is 0 Å². The van der Waals surface area contributed by atoms with E-state index in [1.54, 1.807) is 10.9 Å². The van der Waals surface area contributed by atoms with E-state index in [0.29, 0.717) is 11.2 Å². The molecule has 0 fully saturated rings. The number of nitrogens with zero attached hydrogens (tertiary/aromatic N) is 2. The molecule has 0 radical (unpaired) electrons. The van der Waals surface area contributed by atoms with E-state index in [1.165, 1.54) is 16.9 Å². The Morgan fingerprint density at radius 2 is 1.92 bits per heavy atom. The fraction of sp³-hybridized carbons (Fsp3) is 0.100. The number of aromatic nitrogens is 2. The standard InChI is InChI=1S/C20H16N2OS/c1-14-6-5-9-16(10-14)17-12-24-19-18(17)21-13-22(20(19)23)11-15-7-3-2-4-8-15/h2-10,12-13H,11H2,1H3. The van der Waals surface area contributed by atoms with Crippen molar-refractivity contribution in [2.75, 3.05) is 0 Å². The van der Waals surface area contributed by atoms with Gasteiger partial charge in [0, 0.05) is 10.9 Å². The second-order valence-electron chi connectivity index (χ2n) is 5.86. The summed E-state index contributed by atoms with van der Waals surface area (Å²) >= 11 is 1.47. The van der Waals surface area contributed by atoms with E-state index in [-0.39, 0.29) is 5.56 Å². The minimum Gasteiger partial charge on any atom is -0.294 e. The third kappa shape index (κ3) is 2.65. The quantitative estimate of drug-likeness (QED) is 0.554. The van der Waals surface area contributed by atoms with Crippen LogP contribution in [-0.4, -0.2) is 9.55 Å². The Hall–Kier alpha value is -2.72. The van der Waals surface area contributed by atoms with E-state index in [0.717, 1.165) is 22.2 Å². The van der Waals surface area contributed by atoms with Crippen molar-refractivity contribution in [2.45, 2.75) is 13.5 Å². The van der Waals surface area contributed by atoms with Gasteiger partial charge in [0.2, 0.25) is 0 Å². The number of rotatable bonds is 3. The van der Waals surface area contributed by atoms with Crippen LogP contribution in [0.4, 0.5) is 0 Å². The summed E-state index contributed by atoms with van der Waals surface area (Å²) in [6.07, 6.45) is 1.66. The maximum Gasteiger partial charge on any atom is 0.271 e. The monoisotopic (exact) mass is 332 g/mol. The molecule has 0 aliphatic heterocycles.